The molecule has 3 rings (SSSR count). The molecule has 3 aromatic rings. The number of aromatic hydroxyl groups is 2. The van der Waals surface area contributed by atoms with Crippen molar-refractivity contribution in [2.24, 2.45) is 4.99 Å². The van der Waals surface area contributed by atoms with Crippen molar-refractivity contribution in [3.05, 3.63) is 60.2 Å². The number of rotatable bonds is 3. The van der Waals surface area contributed by atoms with Crippen molar-refractivity contribution in [1.82, 2.24) is 0 Å². The standard InChI is InChI=1S/C17H13NO5S.Cu/c19-16-7-5-11-3-1-2-4-13(11)14(16)10-18-15-9-12(24(21,22)23)6-8-17(15)20;/h1-10,19-20H,(H,21,22,23);/p-1. The van der Waals surface area contributed by atoms with E-state index in [2.05, 4.69) is 4.99 Å². The molecule has 0 saturated carbocycles. The van der Waals surface area contributed by atoms with Crippen molar-refractivity contribution >= 4 is 32.8 Å². The van der Waals surface area contributed by atoms with Crippen LogP contribution in [0.5, 0.6) is 11.5 Å². The number of hydrogen-bond donors (Lipinski definition) is 2. The summed E-state index contributed by atoms with van der Waals surface area (Å²) in [4.78, 5) is 3.53. The zero-order valence-corrected chi connectivity index (χ0v) is 14.3. The quantitative estimate of drug-likeness (QED) is 0.395. The number of fused-ring (bicyclic) bond motifs is 1. The predicted molar refractivity (Wildman–Crippen MR) is 88.9 cm³/mol. The van der Waals surface area contributed by atoms with Crippen LogP contribution in [0.4, 0.5) is 5.69 Å². The number of benzene rings is 3. The van der Waals surface area contributed by atoms with Crippen LogP contribution >= 0.6 is 0 Å². The average molecular weight is 406 g/mol. The molecule has 133 valence electrons. The van der Waals surface area contributed by atoms with E-state index in [0.29, 0.717) is 5.56 Å². The molecule has 0 aromatic heterocycles. The Balaban J connectivity index is 0.00000225. The van der Waals surface area contributed by atoms with Gasteiger partial charge in [0, 0.05) is 28.8 Å². The van der Waals surface area contributed by atoms with Crippen molar-refractivity contribution in [2.45, 2.75) is 4.90 Å². The van der Waals surface area contributed by atoms with Crippen LogP contribution in [0.2, 0.25) is 0 Å². The Morgan fingerprint density at radius 3 is 2.36 bits per heavy atom. The zero-order chi connectivity index (χ0) is 17.3. The molecular formula is C17H12CuNO5S-. The van der Waals surface area contributed by atoms with Crippen LogP contribution in [0.1, 0.15) is 5.56 Å². The molecule has 0 bridgehead atoms. The van der Waals surface area contributed by atoms with Crippen LogP contribution in [0.3, 0.4) is 0 Å². The first-order chi connectivity index (χ1) is 11.4. The normalized spacial score (nSPS) is 11.6. The molecule has 25 heavy (non-hydrogen) atoms. The van der Waals surface area contributed by atoms with E-state index < -0.39 is 15.0 Å². The van der Waals surface area contributed by atoms with Gasteiger partial charge in [0.1, 0.15) is 27.3 Å². The molecule has 0 amide bonds. The van der Waals surface area contributed by atoms with Crippen LogP contribution in [0.15, 0.2) is 64.5 Å². The van der Waals surface area contributed by atoms with Crippen molar-refractivity contribution in [3.63, 3.8) is 0 Å². The monoisotopic (exact) mass is 405 g/mol. The minimum absolute atomic E-state index is 0. The molecule has 0 unspecified atom stereocenters. The van der Waals surface area contributed by atoms with E-state index in [1.54, 1.807) is 18.2 Å². The van der Waals surface area contributed by atoms with Gasteiger partial charge in [0.15, 0.2) is 0 Å². The summed E-state index contributed by atoms with van der Waals surface area (Å²) in [6, 6.07) is 13.7. The van der Waals surface area contributed by atoms with Gasteiger partial charge in [0.25, 0.3) is 0 Å². The number of phenolic OH excluding ortho intramolecular Hbond substituents is 2. The maximum Gasteiger partial charge on any atom is 0.141 e. The molecule has 0 saturated heterocycles. The minimum Gasteiger partial charge on any atom is -0.744 e. The van der Waals surface area contributed by atoms with E-state index in [9.17, 15) is 23.2 Å². The van der Waals surface area contributed by atoms with Crippen LogP contribution in [0.25, 0.3) is 10.8 Å². The van der Waals surface area contributed by atoms with Gasteiger partial charge in [-0.05, 0) is 35.0 Å². The topological polar surface area (TPSA) is 110 Å². The van der Waals surface area contributed by atoms with E-state index in [0.717, 1.165) is 29.0 Å². The molecule has 0 aliphatic carbocycles. The minimum atomic E-state index is -4.65. The summed E-state index contributed by atoms with van der Waals surface area (Å²) in [5, 5.41) is 21.5. The molecule has 3 aromatic carbocycles. The molecule has 6 nitrogen and oxygen atoms in total. The first-order valence-corrected chi connectivity index (χ1v) is 8.31. The van der Waals surface area contributed by atoms with Crippen molar-refractivity contribution in [2.75, 3.05) is 0 Å². The molecule has 0 aliphatic rings. The van der Waals surface area contributed by atoms with E-state index >= 15 is 0 Å². The molecule has 0 atom stereocenters. The molecule has 0 aliphatic heterocycles. The van der Waals surface area contributed by atoms with Crippen LogP contribution in [-0.4, -0.2) is 29.4 Å². The number of nitrogens with zero attached hydrogens (tertiary/aromatic N) is 1. The Morgan fingerprint density at radius 2 is 1.64 bits per heavy atom. The summed E-state index contributed by atoms with van der Waals surface area (Å²) in [7, 11) is -4.65. The van der Waals surface area contributed by atoms with Gasteiger partial charge in [-0.15, -0.1) is 0 Å². The fraction of sp³-hybridized carbons (Fsp3) is 0. The molecule has 0 heterocycles. The van der Waals surface area contributed by atoms with Gasteiger partial charge in [-0.2, -0.15) is 0 Å². The van der Waals surface area contributed by atoms with Crippen LogP contribution < -0.4 is 0 Å². The van der Waals surface area contributed by atoms with Gasteiger partial charge < -0.3 is 14.8 Å². The van der Waals surface area contributed by atoms with Gasteiger partial charge in [0.2, 0.25) is 0 Å². The zero-order valence-electron chi connectivity index (χ0n) is 12.5. The maximum absolute atomic E-state index is 11.1. The van der Waals surface area contributed by atoms with Gasteiger partial charge in [-0.25, -0.2) is 8.42 Å². The van der Waals surface area contributed by atoms with Crippen molar-refractivity contribution in [3.8, 4) is 11.5 Å². The smallest absolute Gasteiger partial charge is 0.141 e. The third-order valence-corrected chi connectivity index (χ3v) is 4.35. The number of hydrogen-bond acceptors (Lipinski definition) is 6. The molecule has 0 fully saturated rings. The van der Waals surface area contributed by atoms with E-state index in [4.69, 9.17) is 0 Å². The first-order valence-electron chi connectivity index (χ1n) is 6.90. The summed E-state index contributed by atoms with van der Waals surface area (Å²) in [5.41, 5.74) is 0.335. The average Bonchev–Trinajstić information content (AvgIpc) is 2.54. The second-order valence-corrected chi connectivity index (χ2v) is 6.46. The Bertz CT molecular complexity index is 1060. The third-order valence-electron chi connectivity index (χ3n) is 3.52. The largest absolute Gasteiger partial charge is 0.744 e. The van der Waals surface area contributed by atoms with Crippen molar-refractivity contribution < 1.29 is 40.3 Å². The molecular weight excluding hydrogens is 394 g/mol. The molecule has 0 spiro atoms. The maximum atomic E-state index is 11.1. The number of aliphatic imine (C=N–C) groups is 1. The van der Waals surface area contributed by atoms with Crippen LogP contribution in [0, 0.1) is 0 Å². The van der Waals surface area contributed by atoms with E-state index in [-0.39, 0.29) is 34.3 Å². The first kappa shape index (κ1) is 19.0. The summed E-state index contributed by atoms with van der Waals surface area (Å²) in [6.07, 6.45) is 1.31. The fourth-order valence-electron chi connectivity index (χ4n) is 2.32. The third kappa shape index (κ3) is 4.00. The molecule has 8 heteroatoms. The Morgan fingerprint density at radius 1 is 0.960 bits per heavy atom. The summed E-state index contributed by atoms with van der Waals surface area (Å²) in [5.74, 6) is -0.289. The van der Waals surface area contributed by atoms with Crippen LogP contribution in [-0.2, 0) is 27.2 Å². The fourth-order valence-corrected chi connectivity index (χ4v) is 2.81. The second kappa shape index (κ2) is 7.24. The predicted octanol–water partition coefficient (Wildman–Crippen LogP) is 2.90. The summed E-state index contributed by atoms with van der Waals surface area (Å²) >= 11 is 0. The Labute approximate surface area is 154 Å². The van der Waals surface area contributed by atoms with E-state index in [1.807, 2.05) is 12.1 Å². The van der Waals surface area contributed by atoms with Gasteiger partial charge in [0.05, 0.1) is 4.90 Å². The summed E-state index contributed by atoms with van der Waals surface area (Å²) in [6.45, 7) is 0. The Kier molecular flexibility index (Phi) is 5.49. The van der Waals surface area contributed by atoms with E-state index in [1.165, 1.54) is 12.3 Å². The van der Waals surface area contributed by atoms with Crippen molar-refractivity contribution in [1.29, 1.82) is 0 Å². The van der Waals surface area contributed by atoms with Gasteiger partial charge in [-0.1, -0.05) is 30.3 Å². The molecule has 2 N–H and O–H groups in total. The number of phenols is 2. The Hall–Kier alpha value is -2.38. The second-order valence-electron chi connectivity index (χ2n) is 5.08. The SMILES string of the molecule is O=S(=O)([O-])c1ccc(O)c(N=Cc2c(O)ccc3ccccc23)c1.[Cu]. The van der Waals surface area contributed by atoms with Gasteiger partial charge >= 0.3 is 0 Å². The summed E-state index contributed by atoms with van der Waals surface area (Å²) < 4.78 is 33.2. The van der Waals surface area contributed by atoms with Gasteiger partial charge in [-0.3, -0.25) is 4.99 Å². The molecule has 1 radical (unpaired) electrons.